The first-order valence-electron chi connectivity index (χ1n) is 10.6. The first-order valence-corrected chi connectivity index (χ1v) is 10.6. The molecular weight excluding hydrogens is 380 g/mol. The predicted octanol–water partition coefficient (Wildman–Crippen LogP) is 4.27. The number of hydrogen-bond donors (Lipinski definition) is 1. The van der Waals surface area contributed by atoms with Gasteiger partial charge in [0.15, 0.2) is 11.2 Å². The number of amides is 1. The summed E-state index contributed by atoms with van der Waals surface area (Å²) < 4.78 is 11.7. The summed E-state index contributed by atoms with van der Waals surface area (Å²) in [6.07, 6.45) is 3.51. The van der Waals surface area contributed by atoms with Gasteiger partial charge in [-0.3, -0.25) is 14.5 Å². The highest BCUT2D eigenvalue weighted by molar-refractivity contribution is 5.93. The van der Waals surface area contributed by atoms with Gasteiger partial charge in [0, 0.05) is 12.6 Å². The van der Waals surface area contributed by atoms with Crippen molar-refractivity contribution in [1.29, 1.82) is 0 Å². The number of carbonyl (C=O) groups is 1. The van der Waals surface area contributed by atoms with Crippen LogP contribution in [0, 0.1) is 20.8 Å². The Hall–Kier alpha value is -2.86. The lowest BCUT2D eigenvalue weighted by Crippen LogP contribution is -2.40. The number of nitrogens with one attached hydrogen (secondary N) is 1. The lowest BCUT2D eigenvalue weighted by atomic mass is 10.1. The molecule has 158 valence electrons. The lowest BCUT2D eigenvalue weighted by Gasteiger charge is -2.33. The fourth-order valence-corrected chi connectivity index (χ4v) is 4.32. The Labute approximate surface area is 175 Å². The molecule has 1 aliphatic rings. The van der Waals surface area contributed by atoms with E-state index in [2.05, 4.69) is 10.2 Å². The van der Waals surface area contributed by atoms with Crippen LogP contribution < -0.4 is 10.7 Å². The third-order valence-electron chi connectivity index (χ3n) is 5.77. The van der Waals surface area contributed by atoms with Crippen molar-refractivity contribution in [1.82, 2.24) is 10.2 Å². The van der Waals surface area contributed by atoms with Gasteiger partial charge in [-0.05, 0) is 76.0 Å². The van der Waals surface area contributed by atoms with Crippen molar-refractivity contribution in [2.75, 3.05) is 19.6 Å². The van der Waals surface area contributed by atoms with E-state index in [1.54, 1.807) is 6.07 Å². The van der Waals surface area contributed by atoms with E-state index >= 15 is 0 Å². The molecule has 3 heterocycles. The summed E-state index contributed by atoms with van der Waals surface area (Å²) in [5.74, 6) is 1.34. The molecule has 0 bridgehead atoms. The van der Waals surface area contributed by atoms with E-state index in [9.17, 15) is 9.59 Å². The summed E-state index contributed by atoms with van der Waals surface area (Å²) in [7, 11) is 0. The summed E-state index contributed by atoms with van der Waals surface area (Å²) in [5.41, 5.74) is 2.08. The fourth-order valence-electron chi connectivity index (χ4n) is 4.32. The van der Waals surface area contributed by atoms with Gasteiger partial charge in [0.05, 0.1) is 11.4 Å². The highest BCUT2D eigenvalue weighted by atomic mass is 16.3. The molecule has 0 radical (unpaired) electrons. The Kier molecular flexibility index (Phi) is 5.77. The number of piperidine rings is 1. The van der Waals surface area contributed by atoms with Crippen molar-refractivity contribution in [2.45, 2.75) is 46.1 Å². The van der Waals surface area contributed by atoms with Crippen LogP contribution in [0.5, 0.6) is 0 Å². The molecule has 1 aliphatic heterocycles. The number of benzene rings is 1. The number of furan rings is 1. The van der Waals surface area contributed by atoms with Crippen LogP contribution in [-0.2, 0) is 0 Å². The molecule has 4 rings (SSSR count). The van der Waals surface area contributed by atoms with Crippen LogP contribution in [0.1, 0.15) is 58.5 Å². The van der Waals surface area contributed by atoms with Crippen LogP contribution in [0.4, 0.5) is 0 Å². The Morgan fingerprint density at radius 3 is 2.53 bits per heavy atom. The molecule has 1 amide bonds. The molecule has 1 N–H and O–H groups in total. The fraction of sp³-hybridized carbons (Fsp3) is 0.417. The number of rotatable bonds is 5. The number of nitrogens with zero attached hydrogens (tertiary/aromatic N) is 1. The predicted molar refractivity (Wildman–Crippen MR) is 116 cm³/mol. The second kappa shape index (κ2) is 8.48. The molecule has 0 spiro atoms. The maximum Gasteiger partial charge on any atom is 0.287 e. The summed E-state index contributed by atoms with van der Waals surface area (Å²) >= 11 is 0. The van der Waals surface area contributed by atoms with Gasteiger partial charge >= 0.3 is 0 Å². The third-order valence-corrected chi connectivity index (χ3v) is 5.77. The normalized spacial score (nSPS) is 16.0. The maximum absolute atomic E-state index is 12.8. The van der Waals surface area contributed by atoms with E-state index in [-0.39, 0.29) is 17.2 Å². The average Bonchev–Trinajstić information content (AvgIpc) is 3.14. The SMILES string of the molecule is Cc1cc(C)c2c(=O)cc(C(=O)NC[C@H](c3ccc(C)o3)N3CCCCC3)oc2c1. The van der Waals surface area contributed by atoms with Crippen LogP contribution in [-0.4, -0.2) is 30.4 Å². The van der Waals surface area contributed by atoms with E-state index in [1.807, 2.05) is 39.0 Å². The monoisotopic (exact) mass is 408 g/mol. The quantitative estimate of drug-likeness (QED) is 0.682. The molecule has 6 nitrogen and oxygen atoms in total. The topological polar surface area (TPSA) is 75.7 Å². The molecule has 30 heavy (non-hydrogen) atoms. The zero-order valence-electron chi connectivity index (χ0n) is 17.8. The summed E-state index contributed by atoms with van der Waals surface area (Å²) in [4.78, 5) is 27.8. The van der Waals surface area contributed by atoms with Gasteiger partial charge in [0.2, 0.25) is 0 Å². The zero-order chi connectivity index (χ0) is 21.3. The smallest absolute Gasteiger partial charge is 0.287 e. The van der Waals surface area contributed by atoms with Crippen molar-refractivity contribution < 1.29 is 13.6 Å². The van der Waals surface area contributed by atoms with E-state index in [1.165, 1.54) is 12.5 Å². The van der Waals surface area contributed by atoms with Crippen molar-refractivity contribution in [3.05, 3.63) is 69.0 Å². The van der Waals surface area contributed by atoms with Crippen LogP contribution in [0.3, 0.4) is 0 Å². The van der Waals surface area contributed by atoms with Crippen molar-refractivity contribution in [2.24, 2.45) is 0 Å². The van der Waals surface area contributed by atoms with Gasteiger partial charge in [-0.15, -0.1) is 0 Å². The molecule has 6 heteroatoms. The minimum absolute atomic E-state index is 0.0329. The lowest BCUT2D eigenvalue weighted by molar-refractivity contribution is 0.0887. The second-order valence-electron chi connectivity index (χ2n) is 8.20. The Balaban J connectivity index is 1.56. The third kappa shape index (κ3) is 4.19. The van der Waals surface area contributed by atoms with Crippen LogP contribution in [0.15, 0.2) is 44.0 Å². The van der Waals surface area contributed by atoms with Crippen LogP contribution >= 0.6 is 0 Å². The Bertz CT molecular complexity index is 1120. The minimum atomic E-state index is -0.390. The number of fused-ring (bicyclic) bond motifs is 1. The van der Waals surface area contributed by atoms with Gasteiger partial charge < -0.3 is 14.2 Å². The Morgan fingerprint density at radius 1 is 1.07 bits per heavy atom. The first-order chi connectivity index (χ1) is 14.4. The molecule has 0 unspecified atom stereocenters. The van der Waals surface area contributed by atoms with Gasteiger partial charge in [-0.25, -0.2) is 0 Å². The standard InChI is InChI=1S/C24H28N2O4/c1-15-11-16(2)23-19(27)13-22(30-21(23)12-15)24(28)25-14-18(20-8-7-17(3)29-20)26-9-5-4-6-10-26/h7-8,11-13,18H,4-6,9-10,14H2,1-3H3,(H,25,28)/t18-/m1/s1. The van der Waals surface area contributed by atoms with Crippen molar-refractivity contribution >= 4 is 16.9 Å². The molecule has 0 aliphatic carbocycles. The molecule has 3 aromatic rings. The average molecular weight is 408 g/mol. The molecule has 0 saturated carbocycles. The van der Waals surface area contributed by atoms with E-state index in [0.29, 0.717) is 17.5 Å². The van der Waals surface area contributed by atoms with Gasteiger partial charge in [0.1, 0.15) is 17.1 Å². The second-order valence-corrected chi connectivity index (χ2v) is 8.20. The molecule has 2 aromatic heterocycles. The van der Waals surface area contributed by atoms with E-state index < -0.39 is 5.91 Å². The summed E-state index contributed by atoms with van der Waals surface area (Å²) in [6, 6.07) is 8.90. The molecule has 1 fully saturated rings. The Morgan fingerprint density at radius 2 is 1.83 bits per heavy atom. The van der Waals surface area contributed by atoms with Crippen LogP contribution in [0.2, 0.25) is 0 Å². The molecule has 1 atom stereocenters. The number of hydrogen-bond acceptors (Lipinski definition) is 5. The van der Waals surface area contributed by atoms with Gasteiger partial charge in [-0.2, -0.15) is 0 Å². The van der Waals surface area contributed by atoms with Gasteiger partial charge in [-0.1, -0.05) is 12.5 Å². The van der Waals surface area contributed by atoms with Crippen molar-refractivity contribution in [3.8, 4) is 0 Å². The van der Waals surface area contributed by atoms with Crippen molar-refractivity contribution in [3.63, 3.8) is 0 Å². The summed E-state index contributed by atoms with van der Waals surface area (Å²) in [5, 5.41) is 3.47. The van der Waals surface area contributed by atoms with E-state index in [0.717, 1.165) is 48.6 Å². The highest BCUT2D eigenvalue weighted by Gasteiger charge is 2.26. The number of likely N-dealkylation sites (tertiary alicyclic amines) is 1. The maximum atomic E-state index is 12.8. The molecule has 1 aromatic carbocycles. The van der Waals surface area contributed by atoms with Crippen LogP contribution in [0.25, 0.3) is 11.0 Å². The van der Waals surface area contributed by atoms with E-state index in [4.69, 9.17) is 8.83 Å². The largest absolute Gasteiger partial charge is 0.465 e. The minimum Gasteiger partial charge on any atom is -0.465 e. The first kappa shape index (κ1) is 20.4. The molecular formula is C24H28N2O4. The number of carbonyl (C=O) groups excluding carboxylic acids is 1. The highest BCUT2D eigenvalue weighted by Crippen LogP contribution is 2.26. The number of aryl methyl sites for hydroxylation is 3. The summed E-state index contributed by atoms with van der Waals surface area (Å²) in [6.45, 7) is 8.07. The van der Waals surface area contributed by atoms with Gasteiger partial charge in [0.25, 0.3) is 5.91 Å². The molecule has 1 saturated heterocycles. The zero-order valence-corrected chi connectivity index (χ0v) is 17.8.